The molecule has 3 aliphatic carbocycles. The van der Waals surface area contributed by atoms with Crippen molar-refractivity contribution in [3.05, 3.63) is 0 Å². The van der Waals surface area contributed by atoms with Crippen LogP contribution in [0.4, 0.5) is 26.3 Å². The van der Waals surface area contributed by atoms with Gasteiger partial charge in [0.15, 0.2) is 0 Å². The van der Waals surface area contributed by atoms with Crippen molar-refractivity contribution < 1.29 is 51.5 Å². The highest BCUT2D eigenvalue weighted by Gasteiger charge is 2.52. The van der Waals surface area contributed by atoms with Crippen molar-refractivity contribution in [2.75, 3.05) is 0 Å². The Morgan fingerprint density at radius 3 is 1.14 bits per heavy atom. The van der Waals surface area contributed by atoms with Crippen LogP contribution in [0.15, 0.2) is 0 Å². The summed E-state index contributed by atoms with van der Waals surface area (Å²) in [5.41, 5.74) is -10.9. The normalized spacial score (nSPS) is 31.3. The third kappa shape index (κ3) is 7.41. The van der Waals surface area contributed by atoms with E-state index in [1.807, 2.05) is 0 Å². The Morgan fingerprint density at radius 2 is 0.829 bits per heavy atom. The number of alkyl halides is 6. The van der Waals surface area contributed by atoms with E-state index >= 15 is 0 Å². The fraction of sp³-hybridized carbons (Fsp3) is 1.00. The van der Waals surface area contributed by atoms with Crippen LogP contribution in [0.5, 0.6) is 0 Å². The van der Waals surface area contributed by atoms with Crippen molar-refractivity contribution in [3.8, 4) is 0 Å². The van der Waals surface area contributed by atoms with Crippen molar-refractivity contribution in [2.45, 2.75) is 122 Å². The second-order valence-corrected chi connectivity index (χ2v) is 15.4. The first kappa shape index (κ1) is 29.3. The van der Waals surface area contributed by atoms with Crippen LogP contribution < -0.4 is 0 Å². The minimum atomic E-state index is -5.65. The van der Waals surface area contributed by atoms with E-state index in [-0.39, 0.29) is 47.1 Å². The molecule has 0 atom stereocenters. The number of rotatable bonds is 7. The van der Waals surface area contributed by atoms with Gasteiger partial charge in [0.05, 0.1) is 12.2 Å². The first-order valence-corrected chi connectivity index (χ1v) is 16.0. The van der Waals surface area contributed by atoms with E-state index in [4.69, 9.17) is 0 Å². The predicted molar refractivity (Wildman–Crippen MR) is 118 cm³/mol. The summed E-state index contributed by atoms with van der Waals surface area (Å²) in [5, 5.41) is 0.757. The Kier molecular flexibility index (Phi) is 9.41. The van der Waals surface area contributed by atoms with E-state index in [0.29, 0.717) is 30.9 Å². The summed E-state index contributed by atoms with van der Waals surface area (Å²) in [7, 11) is -11.4. The molecule has 0 spiro atoms. The Hall–Kier alpha value is -0.250. The standard InChI is InChI=1S/C20H31F6O6S3/c21-19(22,23)34(27,28)31-14-6-10-17(11-7-14)33(16-4-2-1-3-5-16)18-12-8-15(9-13-18)32-35(29,30)20(24,25)26/h14-18H,1-13H2/q+1. The van der Waals surface area contributed by atoms with Crippen LogP contribution in [0.3, 0.4) is 0 Å². The minimum absolute atomic E-state index is 0.149. The number of hydrogen-bond acceptors (Lipinski definition) is 6. The molecule has 3 aliphatic rings. The lowest BCUT2D eigenvalue weighted by Crippen LogP contribution is -2.46. The van der Waals surface area contributed by atoms with E-state index in [0.717, 1.165) is 32.1 Å². The van der Waals surface area contributed by atoms with Crippen molar-refractivity contribution in [1.82, 2.24) is 0 Å². The molecule has 0 bridgehead atoms. The molecule has 0 unspecified atom stereocenters. The van der Waals surface area contributed by atoms with Gasteiger partial charge in [-0.05, 0) is 87.9 Å². The molecule has 15 heteroatoms. The Morgan fingerprint density at radius 1 is 0.514 bits per heavy atom. The highest BCUT2D eigenvalue weighted by atomic mass is 32.2. The summed E-state index contributed by atoms with van der Waals surface area (Å²) in [4.78, 5) is 0. The third-order valence-corrected chi connectivity index (χ3v) is 13.0. The molecule has 0 heterocycles. The first-order valence-electron chi connectivity index (χ1n) is 11.8. The van der Waals surface area contributed by atoms with Gasteiger partial charge in [0.1, 0.15) is 15.7 Å². The Bertz CT molecular complexity index is 833. The van der Waals surface area contributed by atoms with E-state index < -0.39 is 43.5 Å². The monoisotopic (exact) mass is 577 g/mol. The zero-order chi connectivity index (χ0) is 26.1. The topological polar surface area (TPSA) is 86.7 Å². The molecule has 3 fully saturated rings. The van der Waals surface area contributed by atoms with E-state index in [1.54, 1.807) is 0 Å². The highest BCUT2D eigenvalue weighted by Crippen LogP contribution is 2.42. The average molecular weight is 578 g/mol. The van der Waals surface area contributed by atoms with Gasteiger partial charge < -0.3 is 0 Å². The molecule has 3 rings (SSSR count). The van der Waals surface area contributed by atoms with Gasteiger partial charge >= 0.3 is 31.3 Å². The highest BCUT2D eigenvalue weighted by molar-refractivity contribution is 7.98. The van der Waals surface area contributed by atoms with Crippen molar-refractivity contribution in [1.29, 1.82) is 0 Å². The van der Waals surface area contributed by atoms with Crippen LogP contribution in [0.25, 0.3) is 0 Å². The van der Waals surface area contributed by atoms with Gasteiger partial charge in [-0.3, -0.25) is 8.37 Å². The van der Waals surface area contributed by atoms with Crippen LogP contribution in [-0.4, -0.2) is 55.8 Å². The number of halogens is 6. The summed E-state index contributed by atoms with van der Waals surface area (Å²) in [6.45, 7) is 0. The second kappa shape index (κ2) is 11.2. The lowest BCUT2D eigenvalue weighted by molar-refractivity contribution is -0.0587. The minimum Gasteiger partial charge on any atom is -0.260 e. The van der Waals surface area contributed by atoms with Crippen LogP contribution in [0.2, 0.25) is 0 Å². The van der Waals surface area contributed by atoms with Crippen LogP contribution in [0.1, 0.15) is 83.5 Å². The molecule has 0 N–H and O–H groups in total. The maximum Gasteiger partial charge on any atom is 0.523 e. The van der Waals surface area contributed by atoms with Gasteiger partial charge in [-0.2, -0.15) is 43.2 Å². The Balaban J connectivity index is 1.63. The lowest BCUT2D eigenvalue weighted by Gasteiger charge is -2.38. The predicted octanol–water partition coefficient (Wildman–Crippen LogP) is 5.29. The summed E-state index contributed by atoms with van der Waals surface area (Å²) < 4.78 is 130. The van der Waals surface area contributed by atoms with Gasteiger partial charge in [0.2, 0.25) is 0 Å². The maximum atomic E-state index is 12.7. The van der Waals surface area contributed by atoms with Crippen LogP contribution in [-0.2, 0) is 39.5 Å². The fourth-order valence-corrected chi connectivity index (χ4v) is 10.9. The van der Waals surface area contributed by atoms with E-state index in [9.17, 15) is 43.2 Å². The molecule has 206 valence electrons. The zero-order valence-corrected chi connectivity index (χ0v) is 21.5. The summed E-state index contributed by atoms with van der Waals surface area (Å²) in [6, 6.07) is 0. The molecule has 0 aromatic rings. The zero-order valence-electron chi connectivity index (χ0n) is 19.0. The second-order valence-electron chi connectivity index (χ2n) is 9.46. The molecular weight excluding hydrogens is 546 g/mol. The average Bonchev–Trinajstić information content (AvgIpc) is 2.75. The van der Waals surface area contributed by atoms with Crippen molar-refractivity contribution in [3.63, 3.8) is 0 Å². The first-order chi connectivity index (χ1) is 16.1. The third-order valence-electron chi connectivity index (χ3n) is 7.04. The molecule has 0 saturated heterocycles. The summed E-state index contributed by atoms with van der Waals surface area (Å²) in [6.07, 6.45) is 6.12. The van der Waals surface area contributed by atoms with Gasteiger partial charge in [0.25, 0.3) is 0 Å². The summed E-state index contributed by atoms with van der Waals surface area (Å²) in [5.74, 6) is 0. The smallest absolute Gasteiger partial charge is 0.260 e. The fourth-order valence-electron chi connectivity index (χ4n) is 5.42. The Labute approximate surface area is 205 Å². The quantitative estimate of drug-likeness (QED) is 0.177. The van der Waals surface area contributed by atoms with E-state index in [1.165, 1.54) is 0 Å². The lowest BCUT2D eigenvalue weighted by atomic mass is 9.96. The molecule has 0 aromatic heterocycles. The van der Waals surface area contributed by atoms with E-state index in [2.05, 4.69) is 8.37 Å². The number of hydrogen-bond donors (Lipinski definition) is 0. The molecule has 0 radical (unpaired) electrons. The molecule has 3 saturated carbocycles. The van der Waals surface area contributed by atoms with Gasteiger partial charge in [0, 0.05) is 0 Å². The largest absolute Gasteiger partial charge is 0.523 e. The van der Waals surface area contributed by atoms with Crippen LogP contribution >= 0.6 is 0 Å². The SMILES string of the molecule is O=S(=O)(OC1CCC([S+](C2CCCCC2)C2CCC(OS(=O)(=O)C(F)(F)F)CC2)CC1)C(F)(F)F. The van der Waals surface area contributed by atoms with Gasteiger partial charge in [-0.15, -0.1) is 0 Å². The molecule has 0 aliphatic heterocycles. The molecular formula is C20H31F6O6S3+. The van der Waals surface area contributed by atoms with Crippen molar-refractivity contribution in [2.24, 2.45) is 0 Å². The van der Waals surface area contributed by atoms with Crippen LogP contribution in [0, 0.1) is 0 Å². The summed E-state index contributed by atoms with van der Waals surface area (Å²) >= 11 is 0. The van der Waals surface area contributed by atoms with Gasteiger partial charge in [-0.1, -0.05) is 6.42 Å². The van der Waals surface area contributed by atoms with Crippen molar-refractivity contribution >= 4 is 31.1 Å². The molecule has 35 heavy (non-hydrogen) atoms. The van der Waals surface area contributed by atoms with Gasteiger partial charge in [-0.25, -0.2) is 0 Å². The maximum absolute atomic E-state index is 12.7. The molecule has 0 amide bonds. The molecule has 6 nitrogen and oxygen atoms in total. The molecule has 0 aromatic carbocycles.